The van der Waals surface area contributed by atoms with Crippen LogP contribution in [0.4, 0.5) is 0 Å². The van der Waals surface area contributed by atoms with Gasteiger partial charge in [-0.25, -0.2) is 4.98 Å². The molecule has 3 rings (SSSR count). The lowest BCUT2D eigenvalue weighted by Crippen LogP contribution is -2.45. The van der Waals surface area contributed by atoms with Gasteiger partial charge in [0, 0.05) is 19.1 Å². The monoisotopic (exact) mass is 298 g/mol. The van der Waals surface area contributed by atoms with Crippen molar-refractivity contribution in [2.45, 2.75) is 19.0 Å². The van der Waals surface area contributed by atoms with Crippen LogP contribution in [0.1, 0.15) is 21.6 Å². The summed E-state index contributed by atoms with van der Waals surface area (Å²) in [5.41, 5.74) is 2.79. The summed E-state index contributed by atoms with van der Waals surface area (Å²) in [6.07, 6.45) is 3.44. The molecule has 1 aliphatic heterocycles. The van der Waals surface area contributed by atoms with E-state index in [4.69, 9.17) is 0 Å². The zero-order valence-electron chi connectivity index (χ0n) is 12.4. The number of aromatic hydroxyl groups is 1. The van der Waals surface area contributed by atoms with Gasteiger partial charge in [-0.15, -0.1) is 0 Å². The lowest BCUT2D eigenvalue weighted by atomic mass is 9.94. The number of nitrogens with one attached hydrogen (secondary N) is 1. The van der Waals surface area contributed by atoms with Crippen molar-refractivity contribution in [2.24, 2.45) is 0 Å². The largest absolute Gasteiger partial charge is 0.492 e. The minimum Gasteiger partial charge on any atom is -0.492 e. The molecule has 0 saturated carbocycles. The van der Waals surface area contributed by atoms with E-state index in [1.807, 2.05) is 6.07 Å². The summed E-state index contributed by atoms with van der Waals surface area (Å²) >= 11 is 0. The second kappa shape index (κ2) is 6.11. The standard InChI is InChI=1S/C16H18N4O2/c1-20-10-12-5-3-2-4-11(12)6-13(20)7-18-16(22)14-8-17-9-15(21)19-14/h2-5,8-9,13H,6-7,10H2,1H3,(H,18,22)(H,19,21). The van der Waals surface area contributed by atoms with E-state index >= 15 is 0 Å². The van der Waals surface area contributed by atoms with Crippen LogP contribution in [0.5, 0.6) is 5.88 Å². The number of hydrogen-bond donors (Lipinski definition) is 2. The first-order chi connectivity index (χ1) is 10.6. The van der Waals surface area contributed by atoms with Crippen LogP contribution in [0.3, 0.4) is 0 Å². The van der Waals surface area contributed by atoms with Crippen LogP contribution in [0, 0.1) is 0 Å². The van der Waals surface area contributed by atoms with E-state index in [2.05, 4.69) is 45.4 Å². The molecule has 1 amide bonds. The molecule has 114 valence electrons. The van der Waals surface area contributed by atoms with Gasteiger partial charge in [0.15, 0.2) is 0 Å². The van der Waals surface area contributed by atoms with Gasteiger partial charge in [-0.1, -0.05) is 24.3 Å². The van der Waals surface area contributed by atoms with E-state index in [-0.39, 0.29) is 23.5 Å². The highest BCUT2D eigenvalue weighted by Gasteiger charge is 2.23. The van der Waals surface area contributed by atoms with Crippen LogP contribution in [0.25, 0.3) is 0 Å². The highest BCUT2D eigenvalue weighted by Crippen LogP contribution is 2.21. The van der Waals surface area contributed by atoms with Gasteiger partial charge in [0.1, 0.15) is 5.69 Å². The normalized spacial score (nSPS) is 17.8. The third-order valence-corrected chi connectivity index (χ3v) is 3.97. The summed E-state index contributed by atoms with van der Waals surface area (Å²) < 4.78 is 0. The summed E-state index contributed by atoms with van der Waals surface area (Å²) in [5, 5.41) is 12.1. The van der Waals surface area contributed by atoms with Crippen LogP contribution < -0.4 is 5.32 Å². The summed E-state index contributed by atoms with van der Waals surface area (Å²) in [6.45, 7) is 1.41. The van der Waals surface area contributed by atoms with Gasteiger partial charge in [-0.05, 0) is 24.6 Å². The molecule has 1 aliphatic rings. The van der Waals surface area contributed by atoms with Gasteiger partial charge < -0.3 is 10.4 Å². The van der Waals surface area contributed by atoms with Crippen LogP contribution in [0.15, 0.2) is 36.7 Å². The molecule has 1 aromatic carbocycles. The molecule has 2 N–H and O–H groups in total. The summed E-state index contributed by atoms with van der Waals surface area (Å²) in [7, 11) is 2.06. The third-order valence-electron chi connectivity index (χ3n) is 3.97. The van der Waals surface area contributed by atoms with Crippen molar-refractivity contribution in [3.05, 3.63) is 53.5 Å². The van der Waals surface area contributed by atoms with E-state index in [1.165, 1.54) is 23.5 Å². The average Bonchev–Trinajstić information content (AvgIpc) is 2.52. The minimum atomic E-state index is -0.323. The molecule has 1 unspecified atom stereocenters. The predicted octanol–water partition coefficient (Wildman–Crippen LogP) is 0.969. The zero-order valence-corrected chi connectivity index (χ0v) is 12.4. The molecule has 0 fully saturated rings. The molecular weight excluding hydrogens is 280 g/mol. The Hall–Kier alpha value is -2.47. The summed E-state index contributed by atoms with van der Waals surface area (Å²) in [4.78, 5) is 21.8. The number of amides is 1. The Morgan fingerprint density at radius 1 is 1.36 bits per heavy atom. The first-order valence-corrected chi connectivity index (χ1v) is 7.19. The fraction of sp³-hybridized carbons (Fsp3) is 0.312. The number of hydrogen-bond acceptors (Lipinski definition) is 5. The Morgan fingerprint density at radius 3 is 2.91 bits per heavy atom. The van der Waals surface area contributed by atoms with E-state index in [0.717, 1.165) is 13.0 Å². The smallest absolute Gasteiger partial charge is 0.271 e. The third kappa shape index (κ3) is 3.07. The van der Waals surface area contributed by atoms with Crippen LogP contribution in [-0.2, 0) is 13.0 Å². The van der Waals surface area contributed by atoms with Gasteiger partial charge in [0.2, 0.25) is 5.88 Å². The van der Waals surface area contributed by atoms with Gasteiger partial charge in [0.25, 0.3) is 5.91 Å². The van der Waals surface area contributed by atoms with Gasteiger partial charge in [0.05, 0.1) is 12.4 Å². The number of rotatable bonds is 3. The zero-order chi connectivity index (χ0) is 15.5. The second-order valence-electron chi connectivity index (χ2n) is 5.51. The van der Waals surface area contributed by atoms with Crippen LogP contribution >= 0.6 is 0 Å². The van der Waals surface area contributed by atoms with Crippen molar-refractivity contribution >= 4 is 5.91 Å². The van der Waals surface area contributed by atoms with Crippen LogP contribution in [0.2, 0.25) is 0 Å². The fourth-order valence-corrected chi connectivity index (χ4v) is 2.71. The predicted molar refractivity (Wildman–Crippen MR) is 81.4 cm³/mol. The van der Waals surface area contributed by atoms with Crippen molar-refractivity contribution in [1.29, 1.82) is 0 Å². The first-order valence-electron chi connectivity index (χ1n) is 7.19. The topological polar surface area (TPSA) is 78.4 Å². The maximum atomic E-state index is 12.0. The molecule has 6 heteroatoms. The Kier molecular flexibility index (Phi) is 4.02. The lowest BCUT2D eigenvalue weighted by Gasteiger charge is -2.34. The summed E-state index contributed by atoms with van der Waals surface area (Å²) in [6, 6.07) is 8.61. The molecule has 0 bridgehead atoms. The molecule has 0 spiro atoms. The lowest BCUT2D eigenvalue weighted by molar-refractivity contribution is 0.0928. The maximum Gasteiger partial charge on any atom is 0.271 e. The number of nitrogens with zero attached hydrogens (tertiary/aromatic N) is 3. The molecular formula is C16H18N4O2. The number of likely N-dealkylation sites (N-methyl/N-ethyl adjacent to an activating group) is 1. The van der Waals surface area contributed by atoms with Crippen molar-refractivity contribution in [3.63, 3.8) is 0 Å². The van der Waals surface area contributed by atoms with E-state index in [1.54, 1.807) is 0 Å². The Balaban J connectivity index is 1.63. The molecule has 1 atom stereocenters. The second-order valence-corrected chi connectivity index (χ2v) is 5.51. The molecule has 2 heterocycles. The molecule has 22 heavy (non-hydrogen) atoms. The van der Waals surface area contributed by atoms with Gasteiger partial charge in [-0.2, -0.15) is 0 Å². The fourth-order valence-electron chi connectivity index (χ4n) is 2.71. The van der Waals surface area contributed by atoms with E-state index in [0.29, 0.717) is 6.54 Å². The number of carbonyl (C=O) groups is 1. The van der Waals surface area contributed by atoms with Crippen LogP contribution in [-0.4, -0.2) is 45.5 Å². The van der Waals surface area contributed by atoms with Gasteiger partial charge in [-0.3, -0.25) is 14.7 Å². The molecule has 2 aromatic rings. The highest BCUT2D eigenvalue weighted by atomic mass is 16.3. The quantitative estimate of drug-likeness (QED) is 0.883. The minimum absolute atomic E-state index is 0.124. The molecule has 0 radical (unpaired) electrons. The Bertz CT molecular complexity index is 689. The molecule has 0 aliphatic carbocycles. The van der Waals surface area contributed by atoms with Crippen molar-refractivity contribution in [3.8, 4) is 5.88 Å². The number of carbonyl (C=O) groups excluding carboxylic acids is 1. The molecule has 0 saturated heterocycles. The SMILES string of the molecule is CN1Cc2ccccc2CC1CNC(=O)c1cncc(O)n1. The van der Waals surface area contributed by atoms with Gasteiger partial charge >= 0.3 is 0 Å². The number of benzene rings is 1. The summed E-state index contributed by atoms with van der Waals surface area (Å²) in [5.74, 6) is -0.577. The highest BCUT2D eigenvalue weighted by molar-refractivity contribution is 5.92. The molecule has 1 aromatic heterocycles. The van der Waals surface area contributed by atoms with Crippen molar-refractivity contribution < 1.29 is 9.90 Å². The first kappa shape index (κ1) is 14.5. The average molecular weight is 298 g/mol. The van der Waals surface area contributed by atoms with E-state index in [9.17, 15) is 9.90 Å². The van der Waals surface area contributed by atoms with Crippen molar-refractivity contribution in [1.82, 2.24) is 20.2 Å². The van der Waals surface area contributed by atoms with Crippen molar-refractivity contribution in [2.75, 3.05) is 13.6 Å². The Labute approximate surface area is 128 Å². The Morgan fingerprint density at radius 2 is 2.14 bits per heavy atom. The number of aromatic nitrogens is 2. The number of fused-ring (bicyclic) bond motifs is 1. The maximum absolute atomic E-state index is 12.0. The van der Waals surface area contributed by atoms with E-state index < -0.39 is 0 Å². The molecule has 6 nitrogen and oxygen atoms in total.